The van der Waals surface area contributed by atoms with Crippen molar-refractivity contribution < 1.29 is 39.9 Å². The van der Waals surface area contributed by atoms with E-state index in [0.717, 1.165) is 126 Å². The van der Waals surface area contributed by atoms with Gasteiger partial charge in [-0.3, -0.25) is 0 Å². The Balaban J connectivity index is 0.000000155. The molecule has 2 saturated heterocycles. The molecular formula is C60H79BrN16O9S2Si. The molecule has 2 aliphatic carbocycles. The molecule has 6 aromatic heterocycles. The molecular weight excluding hydrogens is 1260 g/mol. The summed E-state index contributed by atoms with van der Waals surface area (Å²) in [5, 5.41) is 14.2. The SMILES string of the molecule is CN(C)C1CCN(S(=O)(=O)c2nc(Br)nn2COCC[Si](C)(C)C)CC1.COc1cc(-c2cc(-c3ncco3)c3c(c2N)CCC3)ccn1.COc1cc(-c2cc(-c3ncco3)c3c(c2Nc2n[nH]c(S(=O)(=O)N4CCC(N(C)C)CC4)n2)CCC3)ccn1. The number of rotatable bonds is 19. The van der Waals surface area contributed by atoms with Crippen molar-refractivity contribution in [2.24, 2.45) is 0 Å². The Hall–Kier alpha value is -6.96. The number of piperidine rings is 2. The Labute approximate surface area is 529 Å². The van der Waals surface area contributed by atoms with Crippen LogP contribution in [0.1, 0.15) is 60.8 Å². The van der Waals surface area contributed by atoms with Crippen molar-refractivity contribution in [2.75, 3.05) is 86.2 Å². The highest BCUT2D eigenvalue weighted by Gasteiger charge is 2.36. The lowest BCUT2D eigenvalue weighted by atomic mass is 9.93. The van der Waals surface area contributed by atoms with Gasteiger partial charge in [0.15, 0.2) is 0 Å². The maximum Gasteiger partial charge on any atom is 0.278 e. The van der Waals surface area contributed by atoms with Gasteiger partial charge in [0.25, 0.3) is 30.4 Å². The van der Waals surface area contributed by atoms with Gasteiger partial charge in [-0.15, -0.1) is 10.2 Å². The molecule has 476 valence electrons. The molecule has 8 heterocycles. The van der Waals surface area contributed by atoms with Gasteiger partial charge in [0, 0.05) is 105 Å². The van der Waals surface area contributed by atoms with Crippen LogP contribution in [0.15, 0.2) is 97.6 Å². The number of ether oxygens (including phenoxy) is 3. The van der Waals surface area contributed by atoms with Crippen LogP contribution in [0.3, 0.4) is 0 Å². The van der Waals surface area contributed by atoms with Crippen LogP contribution in [-0.2, 0) is 57.2 Å². The van der Waals surface area contributed by atoms with Gasteiger partial charge in [0.2, 0.25) is 34.2 Å². The van der Waals surface area contributed by atoms with Gasteiger partial charge in [-0.2, -0.15) is 18.6 Å². The number of sulfonamides is 2. The first kappa shape index (κ1) is 65.0. The Bertz CT molecular complexity index is 3940. The van der Waals surface area contributed by atoms with E-state index in [1.165, 1.54) is 24.4 Å². The number of methoxy groups -OCH3 is 2. The molecule has 0 unspecified atom stereocenters. The third-order valence-electron chi connectivity index (χ3n) is 16.7. The molecule has 4 aliphatic rings. The number of pyridine rings is 2. The molecule has 4 N–H and O–H groups in total. The Morgan fingerprint density at radius 2 is 1.20 bits per heavy atom. The number of oxazole rings is 2. The largest absolute Gasteiger partial charge is 0.481 e. The highest BCUT2D eigenvalue weighted by atomic mass is 79.9. The molecule has 2 aliphatic heterocycles. The van der Waals surface area contributed by atoms with E-state index in [2.05, 4.69) is 102 Å². The molecule has 0 bridgehead atoms. The van der Waals surface area contributed by atoms with E-state index in [-0.39, 0.29) is 27.7 Å². The van der Waals surface area contributed by atoms with Crippen molar-refractivity contribution in [3.8, 4) is 56.9 Å². The number of aromatic nitrogens is 10. The highest BCUT2D eigenvalue weighted by molar-refractivity contribution is 9.10. The van der Waals surface area contributed by atoms with Crippen LogP contribution >= 0.6 is 15.9 Å². The summed E-state index contributed by atoms with van der Waals surface area (Å²) in [6, 6.07) is 13.5. The molecule has 89 heavy (non-hydrogen) atoms. The first-order chi connectivity index (χ1) is 42.6. The molecule has 8 aromatic rings. The van der Waals surface area contributed by atoms with Crippen molar-refractivity contribution in [1.29, 1.82) is 0 Å². The molecule has 2 aromatic carbocycles. The van der Waals surface area contributed by atoms with Crippen LogP contribution in [0.2, 0.25) is 25.7 Å². The van der Waals surface area contributed by atoms with E-state index in [1.54, 1.807) is 51.5 Å². The number of anilines is 3. The minimum atomic E-state index is -3.80. The number of H-pyrrole nitrogens is 1. The maximum absolute atomic E-state index is 13.4. The van der Waals surface area contributed by atoms with Crippen LogP contribution in [0.4, 0.5) is 17.3 Å². The lowest BCUT2D eigenvalue weighted by Gasteiger charge is -2.34. The second-order valence-electron chi connectivity index (χ2n) is 24.0. The molecule has 0 radical (unpaired) electrons. The predicted molar refractivity (Wildman–Crippen MR) is 344 cm³/mol. The lowest BCUT2D eigenvalue weighted by Crippen LogP contribution is -2.45. The monoisotopic (exact) mass is 1340 g/mol. The van der Waals surface area contributed by atoms with E-state index in [9.17, 15) is 16.8 Å². The normalized spacial score (nSPS) is 16.0. The van der Waals surface area contributed by atoms with Crippen LogP contribution < -0.4 is 20.5 Å². The number of halogens is 1. The zero-order chi connectivity index (χ0) is 63.2. The quantitative estimate of drug-likeness (QED) is 0.0386. The molecule has 29 heteroatoms. The second kappa shape index (κ2) is 28.1. The highest BCUT2D eigenvalue weighted by Crippen LogP contribution is 2.45. The van der Waals surface area contributed by atoms with Crippen LogP contribution in [0.5, 0.6) is 11.8 Å². The van der Waals surface area contributed by atoms with E-state index in [4.69, 9.17) is 28.8 Å². The van der Waals surface area contributed by atoms with Gasteiger partial charge in [-0.05, 0) is 172 Å². The molecule has 2 fully saturated rings. The summed E-state index contributed by atoms with van der Waals surface area (Å²) < 4.78 is 84.8. The van der Waals surface area contributed by atoms with Gasteiger partial charge in [0.05, 0.1) is 32.3 Å². The average Bonchev–Trinajstić information content (AvgIpc) is 1.82. The van der Waals surface area contributed by atoms with Crippen molar-refractivity contribution in [1.82, 2.24) is 68.3 Å². The summed E-state index contributed by atoms with van der Waals surface area (Å²) in [5.74, 6) is 2.43. The lowest BCUT2D eigenvalue weighted by molar-refractivity contribution is 0.0708. The number of aromatic amines is 1. The van der Waals surface area contributed by atoms with Crippen LogP contribution in [0.25, 0.3) is 45.2 Å². The number of fused-ring (bicyclic) bond motifs is 2. The Kier molecular flexibility index (Phi) is 20.5. The summed E-state index contributed by atoms with van der Waals surface area (Å²) in [6.45, 7) is 9.38. The van der Waals surface area contributed by atoms with Gasteiger partial charge in [-0.1, -0.05) is 19.6 Å². The maximum atomic E-state index is 13.4. The van der Waals surface area contributed by atoms with E-state index in [0.29, 0.717) is 68.4 Å². The zero-order valence-electron chi connectivity index (χ0n) is 51.9. The molecule has 0 spiro atoms. The fourth-order valence-electron chi connectivity index (χ4n) is 11.7. The molecule has 0 amide bonds. The Morgan fingerprint density at radius 1 is 0.685 bits per heavy atom. The number of benzene rings is 2. The molecule has 25 nitrogen and oxygen atoms in total. The van der Waals surface area contributed by atoms with Crippen molar-refractivity contribution in [3.63, 3.8) is 0 Å². The number of nitrogen functional groups attached to an aromatic ring is 1. The number of hydrogen-bond acceptors (Lipinski definition) is 21. The average molecular weight is 1340 g/mol. The number of nitrogens with zero attached hydrogens (tertiary/aromatic N) is 13. The zero-order valence-corrected chi connectivity index (χ0v) is 56.1. The van der Waals surface area contributed by atoms with E-state index >= 15 is 0 Å². The minimum Gasteiger partial charge on any atom is -0.481 e. The van der Waals surface area contributed by atoms with Crippen molar-refractivity contribution in [2.45, 2.75) is 119 Å². The van der Waals surface area contributed by atoms with Gasteiger partial charge in [-0.25, -0.2) is 46.6 Å². The summed E-state index contributed by atoms with van der Waals surface area (Å²) in [6.07, 6.45) is 18.8. The Morgan fingerprint density at radius 3 is 1.73 bits per heavy atom. The first-order valence-corrected chi connectivity index (χ1v) is 37.2. The summed E-state index contributed by atoms with van der Waals surface area (Å²) in [7, 11) is 2.60. The minimum absolute atomic E-state index is 0.0549. The smallest absolute Gasteiger partial charge is 0.278 e. The van der Waals surface area contributed by atoms with E-state index < -0.39 is 28.1 Å². The summed E-state index contributed by atoms with van der Waals surface area (Å²) in [5.41, 5.74) is 18.5. The van der Waals surface area contributed by atoms with Crippen LogP contribution in [0, 0.1) is 0 Å². The topological polar surface area (TPSA) is 297 Å². The van der Waals surface area contributed by atoms with E-state index in [1.807, 2.05) is 58.5 Å². The van der Waals surface area contributed by atoms with Crippen LogP contribution in [-0.4, -0.2) is 180 Å². The second-order valence-corrected chi connectivity index (χ2v) is 34.0. The van der Waals surface area contributed by atoms with Gasteiger partial charge in [0.1, 0.15) is 19.3 Å². The predicted octanol–water partition coefficient (Wildman–Crippen LogP) is 9.03. The third-order valence-corrected chi connectivity index (χ3v) is 22.2. The first-order valence-electron chi connectivity index (χ1n) is 29.8. The van der Waals surface area contributed by atoms with Gasteiger partial charge >= 0.3 is 0 Å². The number of hydrogen-bond donors (Lipinski definition) is 3. The van der Waals surface area contributed by atoms with Crippen molar-refractivity contribution in [3.05, 3.63) is 101 Å². The number of nitrogens with two attached hydrogens (primary N) is 1. The molecule has 12 rings (SSSR count). The fourth-order valence-corrected chi connectivity index (χ4v) is 15.8. The number of nitrogens with one attached hydrogen (secondary N) is 2. The third kappa shape index (κ3) is 14.9. The molecule has 0 atom stereocenters. The summed E-state index contributed by atoms with van der Waals surface area (Å²) in [4.78, 5) is 29.9. The standard InChI is InChI=1S/C27H32N8O4S.C18H17N3O2.C15H30BrN5O3SSi/c1-34(2)18-8-12-35(13-9-18)40(36,37)27-31-26(32-33-27)30-24-20-6-4-5-19(20)22(25-29-11-14-39-25)16-21(24)17-7-10-28-23(15-17)38-3;1-22-16-9-11(5-6-20-16)14-10-15(18-21-7-8-23-18)12-3-2-4-13(12)17(14)19;1-19(2)13-6-8-20(9-7-13)25(22,23)15-17-14(16)18-21(15)12-24-10-11-26(3,4)5/h7,10-11,14-16,18H,4-6,8-9,12-13H2,1-3H3,(H2,30,31,32,33);5-10H,2-4,19H2,1H3;13H,6-12H2,1-5H3. The van der Waals surface area contributed by atoms with Gasteiger partial charge < -0.3 is 43.9 Å². The van der Waals surface area contributed by atoms with Crippen molar-refractivity contribution >= 4 is 61.4 Å². The fraction of sp³-hybridized carbons (Fsp3) is 0.467. The molecule has 0 saturated carbocycles. The summed E-state index contributed by atoms with van der Waals surface area (Å²) >= 11 is 3.19.